The Morgan fingerprint density at radius 3 is 2.71 bits per heavy atom. The lowest BCUT2D eigenvalue weighted by Gasteiger charge is -2.45. The standard InChI is InChI=1S/C27H34N4O3/c1-17-13-18-14-20(6-7-22(18)28-17)29-26(32)30-21-9-10-27(11-12-31(2)25(27)16-21)19-5-8-23(33-3)24(15-19)34-4/h5-8,13-15,21,25,28H,9-12,16H2,1-4H3,(H2,29,30,32)/t21-,25+,27-/m0/s1. The molecule has 3 atom stereocenters. The highest BCUT2D eigenvalue weighted by molar-refractivity contribution is 5.93. The van der Waals surface area contributed by atoms with Crippen molar-refractivity contribution < 1.29 is 14.3 Å². The smallest absolute Gasteiger partial charge is 0.319 e. The van der Waals surface area contributed by atoms with Crippen molar-refractivity contribution in [1.82, 2.24) is 15.2 Å². The molecule has 1 aromatic heterocycles. The second-order valence-corrected chi connectivity index (χ2v) is 9.80. The Morgan fingerprint density at radius 1 is 1.09 bits per heavy atom. The fourth-order valence-electron chi connectivity index (χ4n) is 6.10. The first-order valence-corrected chi connectivity index (χ1v) is 12.0. The van der Waals surface area contributed by atoms with Crippen LogP contribution in [0.4, 0.5) is 10.5 Å². The first-order chi connectivity index (χ1) is 16.4. The number of carbonyl (C=O) groups excluding carboxylic acids is 1. The van der Waals surface area contributed by atoms with Crippen molar-refractivity contribution in [2.75, 3.05) is 33.1 Å². The van der Waals surface area contributed by atoms with E-state index in [1.807, 2.05) is 31.2 Å². The number of benzene rings is 2. The molecule has 0 spiro atoms. The quantitative estimate of drug-likeness (QED) is 0.509. The van der Waals surface area contributed by atoms with Crippen LogP contribution >= 0.6 is 0 Å². The van der Waals surface area contributed by atoms with Crippen molar-refractivity contribution >= 4 is 22.6 Å². The molecule has 2 fully saturated rings. The second-order valence-electron chi connectivity index (χ2n) is 9.80. The molecule has 2 amide bonds. The molecule has 0 unspecified atom stereocenters. The number of fused-ring (bicyclic) bond motifs is 2. The first kappa shape index (κ1) is 22.6. The number of anilines is 1. The SMILES string of the molecule is COc1ccc([C@@]23CC[C@H](NC(=O)Nc4ccc5[nH]c(C)cc5c4)C[C@H]2N(C)CC3)cc1OC. The molecule has 34 heavy (non-hydrogen) atoms. The molecular weight excluding hydrogens is 428 g/mol. The fourth-order valence-corrected chi connectivity index (χ4v) is 6.10. The lowest BCUT2D eigenvalue weighted by molar-refractivity contribution is 0.156. The van der Waals surface area contributed by atoms with Crippen molar-refractivity contribution in [1.29, 1.82) is 0 Å². The minimum atomic E-state index is -0.143. The summed E-state index contributed by atoms with van der Waals surface area (Å²) in [4.78, 5) is 18.6. The number of likely N-dealkylation sites (tertiary alicyclic amines) is 1. The Balaban J connectivity index is 1.29. The van der Waals surface area contributed by atoms with E-state index in [0.717, 1.165) is 66.0 Å². The van der Waals surface area contributed by atoms with Crippen LogP contribution in [-0.4, -0.2) is 55.8 Å². The van der Waals surface area contributed by atoms with Gasteiger partial charge in [0.25, 0.3) is 0 Å². The maximum Gasteiger partial charge on any atom is 0.319 e. The van der Waals surface area contributed by atoms with Crippen LogP contribution in [0.25, 0.3) is 10.9 Å². The van der Waals surface area contributed by atoms with Crippen molar-refractivity contribution in [3.63, 3.8) is 0 Å². The van der Waals surface area contributed by atoms with Gasteiger partial charge < -0.3 is 30.0 Å². The molecule has 0 bridgehead atoms. The number of likely N-dealkylation sites (N-methyl/N-ethyl adjacent to an activating group) is 1. The largest absolute Gasteiger partial charge is 0.493 e. The van der Waals surface area contributed by atoms with Gasteiger partial charge in [-0.2, -0.15) is 0 Å². The summed E-state index contributed by atoms with van der Waals surface area (Å²) >= 11 is 0. The van der Waals surface area contributed by atoms with Crippen LogP contribution in [-0.2, 0) is 5.41 Å². The summed E-state index contributed by atoms with van der Waals surface area (Å²) in [6, 6.07) is 14.7. The Hall–Kier alpha value is -3.19. The van der Waals surface area contributed by atoms with Gasteiger partial charge in [0.15, 0.2) is 11.5 Å². The molecular formula is C27H34N4O3. The summed E-state index contributed by atoms with van der Waals surface area (Å²) in [5.41, 5.74) is 4.36. The van der Waals surface area contributed by atoms with Crippen molar-refractivity contribution in [3.8, 4) is 11.5 Å². The predicted molar refractivity (Wildman–Crippen MR) is 135 cm³/mol. The summed E-state index contributed by atoms with van der Waals surface area (Å²) in [5.74, 6) is 1.53. The predicted octanol–water partition coefficient (Wildman–Crippen LogP) is 4.81. The number of hydrogen-bond donors (Lipinski definition) is 3. The third-order valence-electron chi connectivity index (χ3n) is 7.83. The zero-order valence-electron chi connectivity index (χ0n) is 20.4. The molecule has 2 heterocycles. The molecule has 7 nitrogen and oxygen atoms in total. The van der Waals surface area contributed by atoms with Crippen molar-refractivity contribution in [2.24, 2.45) is 0 Å². The lowest BCUT2D eigenvalue weighted by atomic mass is 9.65. The van der Waals surface area contributed by atoms with Gasteiger partial charge in [0.1, 0.15) is 0 Å². The summed E-state index contributed by atoms with van der Waals surface area (Å²) in [7, 11) is 5.55. The minimum Gasteiger partial charge on any atom is -0.493 e. The normalized spacial score (nSPS) is 24.6. The number of aromatic amines is 1. The third kappa shape index (κ3) is 3.98. The van der Waals surface area contributed by atoms with E-state index in [2.05, 4.69) is 45.8 Å². The number of hydrogen-bond acceptors (Lipinski definition) is 4. The maximum absolute atomic E-state index is 12.8. The van der Waals surface area contributed by atoms with Crippen LogP contribution in [0.2, 0.25) is 0 Å². The number of H-pyrrole nitrogens is 1. The van der Waals surface area contributed by atoms with Gasteiger partial charge in [-0.05, 0) is 88.2 Å². The van der Waals surface area contributed by atoms with Gasteiger partial charge >= 0.3 is 6.03 Å². The molecule has 5 rings (SSSR count). The Morgan fingerprint density at radius 2 is 1.91 bits per heavy atom. The highest BCUT2D eigenvalue weighted by atomic mass is 16.5. The topological polar surface area (TPSA) is 78.6 Å². The monoisotopic (exact) mass is 462 g/mol. The molecule has 2 aromatic carbocycles. The molecule has 1 aliphatic heterocycles. The van der Waals surface area contributed by atoms with Gasteiger partial charge in [-0.1, -0.05) is 6.07 Å². The van der Waals surface area contributed by atoms with E-state index >= 15 is 0 Å². The molecule has 7 heteroatoms. The number of ether oxygens (including phenoxy) is 2. The number of methoxy groups -OCH3 is 2. The number of nitrogens with zero attached hydrogens (tertiary/aromatic N) is 1. The van der Waals surface area contributed by atoms with Crippen molar-refractivity contribution in [2.45, 2.75) is 50.1 Å². The van der Waals surface area contributed by atoms with Crippen LogP contribution in [0.3, 0.4) is 0 Å². The van der Waals surface area contributed by atoms with Crippen LogP contribution in [0.1, 0.15) is 36.9 Å². The summed E-state index contributed by atoms with van der Waals surface area (Å²) in [5, 5.41) is 7.35. The second kappa shape index (κ2) is 8.87. The molecule has 3 aromatic rings. The summed E-state index contributed by atoms with van der Waals surface area (Å²) in [6.45, 7) is 3.08. The number of amides is 2. The Labute approximate surface area is 200 Å². The van der Waals surface area contributed by atoms with Gasteiger partial charge in [0.05, 0.1) is 14.2 Å². The highest BCUT2D eigenvalue weighted by Crippen LogP contribution is 2.49. The van der Waals surface area contributed by atoms with E-state index in [9.17, 15) is 4.79 Å². The van der Waals surface area contributed by atoms with E-state index in [-0.39, 0.29) is 17.5 Å². The van der Waals surface area contributed by atoms with E-state index in [0.29, 0.717) is 6.04 Å². The fraction of sp³-hybridized carbons (Fsp3) is 0.444. The van der Waals surface area contributed by atoms with E-state index < -0.39 is 0 Å². The number of aryl methyl sites for hydroxylation is 1. The van der Waals surface area contributed by atoms with Gasteiger partial charge in [0, 0.05) is 39.8 Å². The molecule has 3 N–H and O–H groups in total. The molecule has 1 saturated heterocycles. The number of nitrogens with one attached hydrogen (secondary N) is 3. The van der Waals surface area contributed by atoms with E-state index in [4.69, 9.17) is 9.47 Å². The van der Waals surface area contributed by atoms with E-state index in [1.165, 1.54) is 5.56 Å². The number of aromatic nitrogens is 1. The lowest BCUT2D eigenvalue weighted by Crippen LogP contribution is -2.52. The van der Waals surface area contributed by atoms with Crippen LogP contribution in [0.15, 0.2) is 42.5 Å². The van der Waals surface area contributed by atoms with Crippen LogP contribution in [0.5, 0.6) is 11.5 Å². The first-order valence-electron chi connectivity index (χ1n) is 12.0. The Kier molecular flexibility index (Phi) is 5.90. The maximum atomic E-state index is 12.8. The third-order valence-corrected chi connectivity index (χ3v) is 7.83. The minimum absolute atomic E-state index is 0.0696. The van der Waals surface area contributed by atoms with Gasteiger partial charge in [-0.25, -0.2) is 4.79 Å². The highest BCUT2D eigenvalue weighted by Gasteiger charge is 2.50. The van der Waals surface area contributed by atoms with Crippen LogP contribution < -0.4 is 20.1 Å². The van der Waals surface area contributed by atoms with Gasteiger partial charge in [-0.3, -0.25) is 0 Å². The zero-order chi connectivity index (χ0) is 23.9. The molecule has 1 aliphatic carbocycles. The number of rotatable bonds is 5. The summed E-state index contributed by atoms with van der Waals surface area (Å²) < 4.78 is 11.0. The molecule has 2 aliphatic rings. The molecule has 0 radical (unpaired) electrons. The zero-order valence-corrected chi connectivity index (χ0v) is 20.4. The average molecular weight is 463 g/mol. The molecule has 1 saturated carbocycles. The Bertz CT molecular complexity index is 1210. The average Bonchev–Trinajstić information content (AvgIpc) is 3.37. The van der Waals surface area contributed by atoms with Crippen LogP contribution in [0, 0.1) is 6.92 Å². The number of carbonyl (C=O) groups is 1. The van der Waals surface area contributed by atoms with Gasteiger partial charge in [-0.15, -0.1) is 0 Å². The summed E-state index contributed by atoms with van der Waals surface area (Å²) in [6.07, 6.45) is 4.01. The van der Waals surface area contributed by atoms with Gasteiger partial charge in [0.2, 0.25) is 0 Å². The van der Waals surface area contributed by atoms with Crippen molar-refractivity contribution in [3.05, 3.63) is 53.7 Å². The number of urea groups is 1. The molecule has 180 valence electrons. The van der Waals surface area contributed by atoms with E-state index in [1.54, 1.807) is 14.2 Å².